The van der Waals surface area contributed by atoms with E-state index in [-0.39, 0.29) is 18.2 Å². The highest BCUT2D eigenvalue weighted by Gasteiger charge is 2.10. The third-order valence-electron chi connectivity index (χ3n) is 4.30. The monoisotopic (exact) mass is 374 g/mol. The van der Waals surface area contributed by atoms with Gasteiger partial charge in [0, 0.05) is 36.8 Å². The van der Waals surface area contributed by atoms with Crippen LogP contribution in [0.4, 0.5) is 10.6 Å². The second-order valence-corrected chi connectivity index (χ2v) is 6.37. The van der Waals surface area contributed by atoms with E-state index in [0.717, 1.165) is 11.1 Å². The number of rotatable bonds is 7. The van der Waals surface area contributed by atoms with E-state index in [0.29, 0.717) is 30.0 Å². The van der Waals surface area contributed by atoms with Crippen molar-refractivity contribution in [1.29, 1.82) is 0 Å². The van der Waals surface area contributed by atoms with Crippen molar-refractivity contribution in [3.63, 3.8) is 0 Å². The van der Waals surface area contributed by atoms with Crippen LogP contribution in [0.2, 0.25) is 0 Å². The number of hydrogen-bond donors (Lipinski definition) is 3. The summed E-state index contributed by atoms with van der Waals surface area (Å²) in [6, 6.07) is 20.2. The summed E-state index contributed by atoms with van der Waals surface area (Å²) >= 11 is 0. The molecule has 1 aromatic heterocycles. The molecule has 2 aromatic carbocycles. The van der Waals surface area contributed by atoms with Crippen LogP contribution in [0.1, 0.15) is 27.0 Å². The van der Waals surface area contributed by atoms with Crippen molar-refractivity contribution < 1.29 is 9.59 Å². The zero-order valence-electron chi connectivity index (χ0n) is 15.4. The quantitative estimate of drug-likeness (QED) is 0.554. The number of anilines is 1. The first kappa shape index (κ1) is 19.1. The number of urea groups is 1. The van der Waals surface area contributed by atoms with Gasteiger partial charge in [-0.3, -0.25) is 4.79 Å². The van der Waals surface area contributed by atoms with E-state index in [1.165, 1.54) is 0 Å². The highest BCUT2D eigenvalue weighted by molar-refractivity contribution is 5.98. The molecular weight excluding hydrogens is 352 g/mol. The normalized spacial score (nSPS) is 10.3. The summed E-state index contributed by atoms with van der Waals surface area (Å²) in [6.45, 7) is 0.849. The summed E-state index contributed by atoms with van der Waals surface area (Å²) in [5.74, 6) is 0.345. The number of nitrogens with zero attached hydrogens (tertiary/aromatic N) is 1. The van der Waals surface area contributed by atoms with E-state index >= 15 is 0 Å². The molecule has 0 saturated heterocycles. The van der Waals surface area contributed by atoms with Gasteiger partial charge in [0.2, 0.25) is 0 Å². The van der Waals surface area contributed by atoms with Gasteiger partial charge < -0.3 is 16.4 Å². The summed E-state index contributed by atoms with van der Waals surface area (Å²) in [5, 5.41) is 5.61. The molecule has 2 amide bonds. The molecular formula is C22H22N4O2. The Labute approximate surface area is 163 Å². The highest BCUT2D eigenvalue weighted by atomic mass is 16.2. The fraction of sp³-hybridized carbons (Fsp3) is 0.136. The van der Waals surface area contributed by atoms with Gasteiger partial charge in [-0.1, -0.05) is 60.7 Å². The van der Waals surface area contributed by atoms with Gasteiger partial charge in [-0.25, -0.2) is 9.78 Å². The molecule has 0 aliphatic heterocycles. The second kappa shape index (κ2) is 9.32. The van der Waals surface area contributed by atoms with E-state index in [9.17, 15) is 9.59 Å². The molecule has 1 heterocycles. The van der Waals surface area contributed by atoms with Gasteiger partial charge in [0.15, 0.2) is 5.78 Å². The van der Waals surface area contributed by atoms with E-state index in [1.807, 2.05) is 42.5 Å². The minimum atomic E-state index is -0.240. The van der Waals surface area contributed by atoms with Crippen molar-refractivity contribution in [1.82, 2.24) is 15.6 Å². The maximum Gasteiger partial charge on any atom is 0.315 e. The lowest BCUT2D eigenvalue weighted by Gasteiger charge is -2.09. The molecule has 3 rings (SSSR count). The Morgan fingerprint density at radius 3 is 2.11 bits per heavy atom. The Bertz CT molecular complexity index is 940. The maximum absolute atomic E-state index is 12.4. The standard InChI is InChI=1S/C22H22N4O2/c23-21-19(7-4-12-24-21)13-20(27)18-10-8-17(9-11-18)15-26-22(28)25-14-16-5-2-1-3-6-16/h1-12H,13-15H2,(H2,23,24)(H2,25,26,28). The summed E-state index contributed by atoms with van der Waals surface area (Å²) < 4.78 is 0. The Morgan fingerprint density at radius 2 is 1.46 bits per heavy atom. The van der Waals surface area contributed by atoms with Crippen LogP contribution in [-0.2, 0) is 19.5 Å². The van der Waals surface area contributed by atoms with Gasteiger partial charge in [0.05, 0.1) is 0 Å². The summed E-state index contributed by atoms with van der Waals surface area (Å²) in [6.07, 6.45) is 1.81. The van der Waals surface area contributed by atoms with Crippen LogP contribution in [0.25, 0.3) is 0 Å². The van der Waals surface area contributed by atoms with Gasteiger partial charge in [-0.15, -0.1) is 0 Å². The van der Waals surface area contributed by atoms with Gasteiger partial charge >= 0.3 is 6.03 Å². The number of pyridine rings is 1. The molecule has 0 aliphatic rings. The lowest BCUT2D eigenvalue weighted by molar-refractivity contribution is 0.0993. The first-order valence-electron chi connectivity index (χ1n) is 8.99. The van der Waals surface area contributed by atoms with Crippen molar-refractivity contribution in [2.75, 3.05) is 5.73 Å². The molecule has 6 nitrogen and oxygen atoms in total. The molecule has 6 heteroatoms. The van der Waals surface area contributed by atoms with E-state index in [4.69, 9.17) is 5.73 Å². The smallest absolute Gasteiger partial charge is 0.315 e. The SMILES string of the molecule is Nc1ncccc1CC(=O)c1ccc(CNC(=O)NCc2ccccc2)cc1. The third kappa shape index (κ3) is 5.41. The lowest BCUT2D eigenvalue weighted by atomic mass is 10.0. The Kier molecular flexibility index (Phi) is 6.36. The van der Waals surface area contributed by atoms with E-state index in [2.05, 4.69) is 15.6 Å². The number of ketones is 1. The molecule has 3 aromatic rings. The third-order valence-corrected chi connectivity index (χ3v) is 4.30. The van der Waals surface area contributed by atoms with E-state index < -0.39 is 0 Å². The fourth-order valence-corrected chi connectivity index (χ4v) is 2.71. The molecule has 0 saturated carbocycles. The molecule has 142 valence electrons. The number of carbonyl (C=O) groups excluding carboxylic acids is 2. The minimum absolute atomic E-state index is 0.0280. The molecule has 0 aliphatic carbocycles. The topological polar surface area (TPSA) is 97.1 Å². The molecule has 0 bridgehead atoms. The second-order valence-electron chi connectivity index (χ2n) is 6.37. The van der Waals surface area contributed by atoms with E-state index in [1.54, 1.807) is 30.5 Å². The van der Waals surface area contributed by atoms with Crippen LogP contribution in [0.15, 0.2) is 72.9 Å². The predicted octanol–water partition coefficient (Wildman–Crippen LogP) is 3.09. The van der Waals surface area contributed by atoms with Gasteiger partial charge in [0.1, 0.15) is 5.82 Å². The first-order valence-corrected chi connectivity index (χ1v) is 8.99. The molecule has 0 fully saturated rings. The van der Waals surface area contributed by atoms with Crippen LogP contribution in [0.5, 0.6) is 0 Å². The first-order chi connectivity index (χ1) is 13.6. The molecule has 0 unspecified atom stereocenters. The number of nitrogens with one attached hydrogen (secondary N) is 2. The minimum Gasteiger partial charge on any atom is -0.383 e. The average Bonchev–Trinajstić information content (AvgIpc) is 2.73. The number of carbonyl (C=O) groups is 2. The Hall–Kier alpha value is -3.67. The summed E-state index contributed by atoms with van der Waals surface area (Å²) in [7, 11) is 0. The van der Waals surface area contributed by atoms with Crippen molar-refractivity contribution >= 4 is 17.6 Å². The van der Waals surface area contributed by atoms with Gasteiger partial charge in [-0.05, 0) is 17.2 Å². The summed E-state index contributed by atoms with van der Waals surface area (Å²) in [5.41, 5.74) is 9.05. The number of hydrogen-bond acceptors (Lipinski definition) is 4. The number of aromatic nitrogens is 1. The number of amides is 2. The Morgan fingerprint density at radius 1 is 0.821 bits per heavy atom. The van der Waals surface area contributed by atoms with Crippen molar-refractivity contribution in [2.45, 2.75) is 19.5 Å². The fourth-order valence-electron chi connectivity index (χ4n) is 2.71. The molecule has 0 atom stereocenters. The average molecular weight is 374 g/mol. The zero-order chi connectivity index (χ0) is 19.8. The number of nitrogen functional groups attached to an aromatic ring is 1. The number of Topliss-reactive ketones (excluding diaryl/α,β-unsaturated/α-hetero) is 1. The molecule has 0 radical (unpaired) electrons. The maximum atomic E-state index is 12.4. The van der Waals surface area contributed by atoms with Crippen LogP contribution in [0, 0.1) is 0 Å². The molecule has 0 spiro atoms. The summed E-state index contributed by atoms with van der Waals surface area (Å²) in [4.78, 5) is 28.3. The Balaban J connectivity index is 1.48. The van der Waals surface area contributed by atoms with Gasteiger partial charge in [0.25, 0.3) is 0 Å². The van der Waals surface area contributed by atoms with Gasteiger partial charge in [-0.2, -0.15) is 0 Å². The van der Waals surface area contributed by atoms with Crippen LogP contribution in [-0.4, -0.2) is 16.8 Å². The molecule has 28 heavy (non-hydrogen) atoms. The van der Waals surface area contributed by atoms with Crippen molar-refractivity contribution in [3.05, 3.63) is 95.2 Å². The van der Waals surface area contributed by atoms with Crippen LogP contribution < -0.4 is 16.4 Å². The van der Waals surface area contributed by atoms with Crippen LogP contribution in [0.3, 0.4) is 0 Å². The highest BCUT2D eigenvalue weighted by Crippen LogP contribution is 2.13. The molecule has 4 N–H and O–H groups in total. The lowest BCUT2D eigenvalue weighted by Crippen LogP contribution is -2.34. The largest absolute Gasteiger partial charge is 0.383 e. The number of benzene rings is 2. The van der Waals surface area contributed by atoms with Crippen molar-refractivity contribution in [3.8, 4) is 0 Å². The zero-order valence-corrected chi connectivity index (χ0v) is 15.4. The predicted molar refractivity (Wildman–Crippen MR) is 109 cm³/mol. The van der Waals surface area contributed by atoms with Crippen molar-refractivity contribution in [2.24, 2.45) is 0 Å². The number of nitrogens with two attached hydrogens (primary N) is 1. The van der Waals surface area contributed by atoms with Crippen LogP contribution >= 0.6 is 0 Å².